The highest BCUT2D eigenvalue weighted by Crippen LogP contribution is 2.22. The van der Waals surface area contributed by atoms with E-state index < -0.39 is 10.0 Å². The molecule has 2 rings (SSSR count). The molecule has 0 aromatic heterocycles. The number of nitrogens with one attached hydrogen (secondary N) is 1. The second kappa shape index (κ2) is 5.35. The molecule has 0 aliphatic rings. The molecule has 0 fully saturated rings. The molecule has 0 spiro atoms. The number of sulfonamides is 1. The highest BCUT2D eigenvalue weighted by molar-refractivity contribution is 7.92. The Morgan fingerprint density at radius 1 is 1.10 bits per heavy atom. The van der Waals surface area contributed by atoms with Crippen LogP contribution < -0.4 is 4.72 Å². The zero-order valence-corrected chi connectivity index (χ0v) is 12.0. The van der Waals surface area contributed by atoms with Gasteiger partial charge in [-0.2, -0.15) is 5.26 Å². The van der Waals surface area contributed by atoms with Gasteiger partial charge in [0.1, 0.15) is 11.0 Å². The topological polar surface area (TPSA) is 70.0 Å². The first-order chi connectivity index (χ1) is 9.44. The molecule has 102 valence electrons. The van der Waals surface area contributed by atoms with E-state index in [0.717, 1.165) is 11.1 Å². The van der Waals surface area contributed by atoms with Crippen molar-refractivity contribution in [2.45, 2.75) is 18.7 Å². The predicted octanol–water partition coefficient (Wildman–Crippen LogP) is 2.98. The summed E-state index contributed by atoms with van der Waals surface area (Å²) in [6.07, 6.45) is 0. The van der Waals surface area contributed by atoms with E-state index in [0.29, 0.717) is 5.69 Å². The van der Waals surface area contributed by atoms with E-state index in [-0.39, 0.29) is 10.5 Å². The quantitative estimate of drug-likeness (QED) is 0.943. The van der Waals surface area contributed by atoms with Gasteiger partial charge in [0.15, 0.2) is 0 Å². The highest BCUT2D eigenvalue weighted by Gasteiger charge is 2.18. The summed E-state index contributed by atoms with van der Waals surface area (Å²) in [5, 5.41) is 9.00. The van der Waals surface area contributed by atoms with Crippen molar-refractivity contribution in [2.24, 2.45) is 0 Å². The number of nitriles is 1. The first kappa shape index (κ1) is 14.1. The van der Waals surface area contributed by atoms with Crippen LogP contribution in [0, 0.1) is 25.2 Å². The summed E-state index contributed by atoms with van der Waals surface area (Å²) < 4.78 is 27.2. The van der Waals surface area contributed by atoms with Crippen LogP contribution in [0.3, 0.4) is 0 Å². The Hall–Kier alpha value is -2.32. The van der Waals surface area contributed by atoms with Gasteiger partial charge in [-0.25, -0.2) is 8.42 Å². The molecule has 0 heterocycles. The van der Waals surface area contributed by atoms with E-state index in [9.17, 15) is 8.42 Å². The lowest BCUT2D eigenvalue weighted by molar-refractivity contribution is 0.601. The summed E-state index contributed by atoms with van der Waals surface area (Å²) in [5.41, 5.74) is 2.54. The molecule has 2 aromatic carbocycles. The van der Waals surface area contributed by atoms with Crippen LogP contribution in [0.5, 0.6) is 0 Å². The molecule has 0 saturated heterocycles. The molecule has 5 heteroatoms. The highest BCUT2D eigenvalue weighted by atomic mass is 32.2. The number of hydrogen-bond acceptors (Lipinski definition) is 3. The van der Waals surface area contributed by atoms with Crippen LogP contribution in [0.4, 0.5) is 5.69 Å². The fourth-order valence-corrected chi connectivity index (χ4v) is 3.21. The first-order valence-corrected chi connectivity index (χ1v) is 7.51. The minimum Gasteiger partial charge on any atom is -0.279 e. The van der Waals surface area contributed by atoms with Crippen LogP contribution in [-0.4, -0.2) is 8.42 Å². The lowest BCUT2D eigenvalue weighted by Gasteiger charge is -2.12. The fourth-order valence-electron chi connectivity index (χ4n) is 1.92. The maximum Gasteiger partial charge on any atom is 0.263 e. The Kier molecular flexibility index (Phi) is 3.77. The standard InChI is InChI=1S/C15H14N2O2S/c1-11-7-8-14(12(2)9-11)17-20(18,19)15-6-4-3-5-13(15)10-16/h3-9,17H,1-2H3. The first-order valence-electron chi connectivity index (χ1n) is 6.03. The molecule has 0 bridgehead atoms. The molecule has 0 aliphatic carbocycles. The summed E-state index contributed by atoms with van der Waals surface area (Å²) >= 11 is 0. The van der Waals surface area contributed by atoms with E-state index in [2.05, 4.69) is 4.72 Å². The van der Waals surface area contributed by atoms with Gasteiger partial charge in [-0.05, 0) is 37.6 Å². The minimum atomic E-state index is -3.76. The number of hydrogen-bond donors (Lipinski definition) is 1. The molecule has 0 unspecified atom stereocenters. The van der Waals surface area contributed by atoms with E-state index in [1.807, 2.05) is 32.0 Å². The summed E-state index contributed by atoms with van der Waals surface area (Å²) in [7, 11) is -3.76. The Morgan fingerprint density at radius 3 is 2.45 bits per heavy atom. The maximum atomic E-state index is 12.4. The SMILES string of the molecule is Cc1ccc(NS(=O)(=O)c2ccccc2C#N)c(C)c1. The Balaban J connectivity index is 2.44. The molecule has 4 nitrogen and oxygen atoms in total. The zero-order valence-electron chi connectivity index (χ0n) is 11.2. The van der Waals surface area contributed by atoms with Gasteiger partial charge in [-0.15, -0.1) is 0 Å². The Morgan fingerprint density at radius 2 is 1.80 bits per heavy atom. The van der Waals surface area contributed by atoms with Crippen LogP contribution >= 0.6 is 0 Å². The summed E-state index contributed by atoms with van der Waals surface area (Å²) in [5.74, 6) is 0. The Bertz CT molecular complexity index is 790. The van der Waals surface area contributed by atoms with Crippen molar-refractivity contribution in [1.82, 2.24) is 0 Å². The molecule has 0 amide bonds. The van der Waals surface area contributed by atoms with Crippen molar-refractivity contribution < 1.29 is 8.42 Å². The van der Waals surface area contributed by atoms with Crippen molar-refractivity contribution >= 4 is 15.7 Å². The van der Waals surface area contributed by atoms with Gasteiger partial charge in [-0.3, -0.25) is 4.72 Å². The van der Waals surface area contributed by atoms with Crippen LogP contribution in [0.1, 0.15) is 16.7 Å². The molecule has 0 saturated carbocycles. The van der Waals surface area contributed by atoms with Crippen molar-refractivity contribution in [3.63, 3.8) is 0 Å². The largest absolute Gasteiger partial charge is 0.279 e. The average Bonchev–Trinajstić information content (AvgIpc) is 2.42. The van der Waals surface area contributed by atoms with Crippen molar-refractivity contribution in [2.75, 3.05) is 4.72 Å². The van der Waals surface area contributed by atoms with Gasteiger partial charge in [0.05, 0.1) is 11.3 Å². The molecule has 20 heavy (non-hydrogen) atoms. The van der Waals surface area contributed by atoms with Crippen LogP contribution in [0.2, 0.25) is 0 Å². The monoisotopic (exact) mass is 286 g/mol. The predicted molar refractivity (Wildman–Crippen MR) is 77.9 cm³/mol. The third-order valence-corrected chi connectivity index (χ3v) is 4.35. The van der Waals surface area contributed by atoms with E-state index in [4.69, 9.17) is 5.26 Å². The Labute approximate surface area is 118 Å². The lowest BCUT2D eigenvalue weighted by atomic mass is 10.1. The second-order valence-corrected chi connectivity index (χ2v) is 6.18. The van der Waals surface area contributed by atoms with Gasteiger partial charge in [0, 0.05) is 0 Å². The molecule has 1 N–H and O–H groups in total. The lowest BCUT2D eigenvalue weighted by Crippen LogP contribution is -2.15. The fraction of sp³-hybridized carbons (Fsp3) is 0.133. The number of anilines is 1. The number of benzene rings is 2. The van der Waals surface area contributed by atoms with Gasteiger partial charge in [0.2, 0.25) is 0 Å². The molecule has 0 aliphatic heterocycles. The van der Waals surface area contributed by atoms with Crippen molar-refractivity contribution in [3.05, 3.63) is 59.2 Å². The molecule has 2 aromatic rings. The molecule has 0 radical (unpaired) electrons. The van der Waals surface area contributed by atoms with Gasteiger partial charge in [-0.1, -0.05) is 29.8 Å². The van der Waals surface area contributed by atoms with E-state index in [1.165, 1.54) is 12.1 Å². The van der Waals surface area contributed by atoms with Crippen LogP contribution in [-0.2, 0) is 10.0 Å². The summed E-state index contributed by atoms with van der Waals surface area (Å²) in [6.45, 7) is 3.78. The number of rotatable bonds is 3. The number of aryl methyl sites for hydroxylation is 2. The summed E-state index contributed by atoms with van der Waals surface area (Å²) in [6, 6.07) is 13.5. The van der Waals surface area contributed by atoms with Gasteiger partial charge >= 0.3 is 0 Å². The summed E-state index contributed by atoms with van der Waals surface area (Å²) in [4.78, 5) is -0.0116. The van der Waals surface area contributed by atoms with Crippen molar-refractivity contribution in [1.29, 1.82) is 5.26 Å². The molecular formula is C15H14N2O2S. The van der Waals surface area contributed by atoms with E-state index >= 15 is 0 Å². The normalized spacial score (nSPS) is 10.8. The smallest absolute Gasteiger partial charge is 0.263 e. The van der Waals surface area contributed by atoms with E-state index in [1.54, 1.807) is 18.2 Å². The zero-order chi connectivity index (χ0) is 14.8. The van der Waals surface area contributed by atoms with Crippen LogP contribution in [0.15, 0.2) is 47.4 Å². The van der Waals surface area contributed by atoms with Crippen molar-refractivity contribution in [3.8, 4) is 6.07 Å². The molecule has 0 atom stereocenters. The third kappa shape index (κ3) is 2.81. The maximum absolute atomic E-state index is 12.4. The average molecular weight is 286 g/mol. The van der Waals surface area contributed by atoms with Crippen LogP contribution in [0.25, 0.3) is 0 Å². The third-order valence-electron chi connectivity index (χ3n) is 2.92. The molecular weight excluding hydrogens is 272 g/mol. The van der Waals surface area contributed by atoms with Gasteiger partial charge in [0.25, 0.3) is 10.0 Å². The minimum absolute atomic E-state index is 0.0116. The second-order valence-electron chi connectivity index (χ2n) is 4.53. The van der Waals surface area contributed by atoms with Gasteiger partial charge < -0.3 is 0 Å². The number of nitrogens with zero attached hydrogens (tertiary/aromatic N) is 1.